The van der Waals surface area contributed by atoms with Crippen LogP contribution in [0, 0.1) is 6.92 Å². The molecule has 96 valence electrons. The maximum absolute atomic E-state index is 6.02. The lowest BCUT2D eigenvalue weighted by Crippen LogP contribution is -2.11. The van der Waals surface area contributed by atoms with Crippen molar-refractivity contribution in [3.63, 3.8) is 0 Å². The number of rotatable bonds is 3. The van der Waals surface area contributed by atoms with Gasteiger partial charge in [0.15, 0.2) is 0 Å². The lowest BCUT2D eigenvalue weighted by atomic mass is 10.00. The highest BCUT2D eigenvalue weighted by atomic mass is 15.3. The van der Waals surface area contributed by atoms with Crippen molar-refractivity contribution in [3.05, 3.63) is 47.2 Å². The maximum atomic E-state index is 6.02. The minimum atomic E-state index is 0.167. The first-order valence-electron chi connectivity index (χ1n) is 6.40. The van der Waals surface area contributed by atoms with Gasteiger partial charge in [0.1, 0.15) is 5.82 Å². The molecule has 0 saturated heterocycles. The molecule has 0 aliphatic heterocycles. The van der Waals surface area contributed by atoms with E-state index in [4.69, 9.17) is 5.73 Å². The lowest BCUT2D eigenvalue weighted by Gasteiger charge is -2.15. The normalized spacial score (nSPS) is 12.9. The second-order valence-electron chi connectivity index (χ2n) is 5.15. The third kappa shape index (κ3) is 2.26. The molecule has 2 aromatic rings. The minimum Gasteiger partial charge on any atom is -0.384 e. The Morgan fingerprint density at radius 3 is 2.06 bits per heavy atom. The van der Waals surface area contributed by atoms with Gasteiger partial charge in [0.25, 0.3) is 0 Å². The number of benzene rings is 1. The molecule has 1 aromatic heterocycles. The Labute approximate surface area is 109 Å². The van der Waals surface area contributed by atoms with E-state index < -0.39 is 0 Å². The predicted octanol–water partition coefficient (Wildman–Crippen LogP) is 3.51. The third-order valence-corrected chi connectivity index (χ3v) is 3.48. The Bertz CT molecular complexity index is 523. The fourth-order valence-corrected chi connectivity index (χ4v) is 2.07. The molecule has 0 aliphatic rings. The molecule has 0 radical (unpaired) electrons. The van der Waals surface area contributed by atoms with E-state index in [1.165, 1.54) is 11.1 Å². The van der Waals surface area contributed by atoms with Crippen LogP contribution in [0.1, 0.15) is 49.4 Å². The van der Waals surface area contributed by atoms with Crippen molar-refractivity contribution >= 4 is 5.82 Å². The summed E-state index contributed by atoms with van der Waals surface area (Å²) in [6.07, 6.45) is 1.81. The number of nitrogens with two attached hydrogens (primary N) is 1. The van der Waals surface area contributed by atoms with Gasteiger partial charge >= 0.3 is 0 Å². The number of hydrogen-bond acceptors (Lipinski definition) is 2. The smallest absolute Gasteiger partial charge is 0.125 e. The number of aromatic nitrogens is 2. The van der Waals surface area contributed by atoms with Gasteiger partial charge in [0.2, 0.25) is 0 Å². The molecule has 1 aromatic carbocycles. The van der Waals surface area contributed by atoms with E-state index in [0.29, 0.717) is 5.92 Å². The summed E-state index contributed by atoms with van der Waals surface area (Å²) < 4.78 is 1.87. The summed E-state index contributed by atoms with van der Waals surface area (Å²) in [7, 11) is 0. The van der Waals surface area contributed by atoms with Gasteiger partial charge in [-0.25, -0.2) is 4.68 Å². The first-order valence-corrected chi connectivity index (χ1v) is 6.40. The molecule has 1 heterocycles. The van der Waals surface area contributed by atoms with Crippen LogP contribution in [0.3, 0.4) is 0 Å². The van der Waals surface area contributed by atoms with Crippen LogP contribution in [0.4, 0.5) is 5.82 Å². The summed E-state index contributed by atoms with van der Waals surface area (Å²) in [4.78, 5) is 0. The van der Waals surface area contributed by atoms with Crippen molar-refractivity contribution in [1.29, 1.82) is 0 Å². The van der Waals surface area contributed by atoms with Crippen molar-refractivity contribution < 1.29 is 0 Å². The molecule has 0 saturated carbocycles. The molecule has 2 N–H and O–H groups in total. The number of nitrogens with zero attached hydrogens (tertiary/aromatic N) is 2. The van der Waals surface area contributed by atoms with Crippen LogP contribution in [-0.4, -0.2) is 9.78 Å². The standard InChI is InChI=1S/C15H21N3/c1-10(2)13-5-7-14(8-6-13)12(4)18-15(16)11(3)9-17-18/h5-10,12H,16H2,1-4H3. The van der Waals surface area contributed by atoms with E-state index >= 15 is 0 Å². The van der Waals surface area contributed by atoms with E-state index in [1.807, 2.05) is 17.8 Å². The molecule has 0 bridgehead atoms. The quantitative estimate of drug-likeness (QED) is 0.896. The molecule has 0 aliphatic carbocycles. The zero-order valence-electron chi connectivity index (χ0n) is 11.5. The molecule has 0 amide bonds. The van der Waals surface area contributed by atoms with Crippen LogP contribution in [0.15, 0.2) is 30.5 Å². The molecule has 2 rings (SSSR count). The van der Waals surface area contributed by atoms with Gasteiger partial charge in [-0.05, 0) is 30.9 Å². The van der Waals surface area contributed by atoms with Crippen LogP contribution in [0.5, 0.6) is 0 Å². The zero-order valence-corrected chi connectivity index (χ0v) is 11.5. The van der Waals surface area contributed by atoms with Gasteiger partial charge in [-0.1, -0.05) is 38.1 Å². The molecule has 0 fully saturated rings. The van der Waals surface area contributed by atoms with Crippen LogP contribution < -0.4 is 5.73 Å². The van der Waals surface area contributed by atoms with E-state index in [-0.39, 0.29) is 6.04 Å². The Balaban J connectivity index is 2.29. The van der Waals surface area contributed by atoms with Crippen molar-refractivity contribution in [3.8, 4) is 0 Å². The van der Waals surface area contributed by atoms with Gasteiger partial charge in [0.05, 0.1) is 12.2 Å². The van der Waals surface area contributed by atoms with Crippen molar-refractivity contribution in [1.82, 2.24) is 9.78 Å². The second kappa shape index (κ2) is 4.84. The van der Waals surface area contributed by atoms with Crippen molar-refractivity contribution in [2.45, 2.75) is 39.7 Å². The molecule has 1 atom stereocenters. The highest BCUT2D eigenvalue weighted by molar-refractivity contribution is 5.39. The van der Waals surface area contributed by atoms with Gasteiger partial charge in [-0.3, -0.25) is 0 Å². The second-order valence-corrected chi connectivity index (χ2v) is 5.15. The summed E-state index contributed by atoms with van der Waals surface area (Å²) in [6.45, 7) is 8.50. The summed E-state index contributed by atoms with van der Waals surface area (Å²) >= 11 is 0. The predicted molar refractivity (Wildman–Crippen MR) is 75.7 cm³/mol. The number of aryl methyl sites for hydroxylation is 1. The average molecular weight is 243 g/mol. The number of anilines is 1. The zero-order chi connectivity index (χ0) is 13.3. The topological polar surface area (TPSA) is 43.8 Å². The molecule has 1 unspecified atom stereocenters. The van der Waals surface area contributed by atoms with Crippen LogP contribution in [0.2, 0.25) is 0 Å². The van der Waals surface area contributed by atoms with Crippen molar-refractivity contribution in [2.24, 2.45) is 0 Å². The fourth-order valence-electron chi connectivity index (χ4n) is 2.07. The first-order chi connectivity index (χ1) is 8.50. The molecular formula is C15H21N3. The SMILES string of the molecule is Cc1cnn(C(C)c2ccc(C(C)C)cc2)c1N. The van der Waals surface area contributed by atoms with E-state index in [0.717, 1.165) is 11.4 Å². The summed E-state index contributed by atoms with van der Waals surface area (Å²) in [6, 6.07) is 8.86. The van der Waals surface area contributed by atoms with E-state index in [9.17, 15) is 0 Å². The molecular weight excluding hydrogens is 222 g/mol. The lowest BCUT2D eigenvalue weighted by molar-refractivity contribution is 0.572. The monoisotopic (exact) mass is 243 g/mol. The molecule has 3 heteroatoms. The number of hydrogen-bond donors (Lipinski definition) is 1. The maximum Gasteiger partial charge on any atom is 0.125 e. The molecule has 3 nitrogen and oxygen atoms in total. The Morgan fingerprint density at radius 2 is 1.61 bits per heavy atom. The minimum absolute atomic E-state index is 0.167. The molecule has 18 heavy (non-hydrogen) atoms. The van der Waals surface area contributed by atoms with Crippen LogP contribution in [0.25, 0.3) is 0 Å². The number of nitrogen functional groups attached to an aromatic ring is 1. The Hall–Kier alpha value is -1.77. The van der Waals surface area contributed by atoms with Gasteiger partial charge in [-0.15, -0.1) is 0 Å². The Morgan fingerprint density at radius 1 is 1.06 bits per heavy atom. The third-order valence-electron chi connectivity index (χ3n) is 3.48. The first kappa shape index (κ1) is 12.7. The van der Waals surface area contributed by atoms with E-state index in [1.54, 1.807) is 0 Å². The summed E-state index contributed by atoms with van der Waals surface area (Å²) in [5, 5.41) is 4.34. The summed E-state index contributed by atoms with van der Waals surface area (Å²) in [5.41, 5.74) is 9.64. The molecule has 0 spiro atoms. The summed E-state index contributed by atoms with van der Waals surface area (Å²) in [5.74, 6) is 1.31. The fraction of sp³-hybridized carbons (Fsp3) is 0.400. The average Bonchev–Trinajstić information content (AvgIpc) is 2.69. The highest BCUT2D eigenvalue weighted by Gasteiger charge is 2.13. The van der Waals surface area contributed by atoms with E-state index in [2.05, 4.69) is 50.1 Å². The van der Waals surface area contributed by atoms with Crippen molar-refractivity contribution in [2.75, 3.05) is 5.73 Å². The highest BCUT2D eigenvalue weighted by Crippen LogP contribution is 2.24. The Kier molecular flexibility index (Phi) is 3.41. The van der Waals surface area contributed by atoms with Crippen LogP contribution >= 0.6 is 0 Å². The van der Waals surface area contributed by atoms with Gasteiger partial charge < -0.3 is 5.73 Å². The van der Waals surface area contributed by atoms with Gasteiger partial charge in [0, 0.05) is 5.56 Å². The van der Waals surface area contributed by atoms with Gasteiger partial charge in [-0.2, -0.15) is 5.10 Å². The van der Waals surface area contributed by atoms with Crippen LogP contribution in [-0.2, 0) is 0 Å². The largest absolute Gasteiger partial charge is 0.384 e.